The number of hydrogen-bond acceptors (Lipinski definition) is 4. The van der Waals surface area contributed by atoms with Gasteiger partial charge in [-0.2, -0.15) is 0 Å². The molecule has 0 radical (unpaired) electrons. The highest BCUT2D eigenvalue weighted by Gasteiger charge is 2.26. The Morgan fingerprint density at radius 1 is 1.47 bits per heavy atom. The minimum atomic E-state index is -1.25. The van der Waals surface area contributed by atoms with Crippen molar-refractivity contribution in [2.24, 2.45) is 0 Å². The summed E-state index contributed by atoms with van der Waals surface area (Å²) in [5.41, 5.74) is 0.162. The lowest BCUT2D eigenvalue weighted by Gasteiger charge is -2.21. The fourth-order valence-electron chi connectivity index (χ4n) is 1.24. The molecule has 15 heavy (non-hydrogen) atoms. The SMILES string of the molecule is O=C/C=C1\C=C(C(=O)O)N[C@@H](C(=O)O)C1. The molecule has 0 fully saturated rings. The van der Waals surface area contributed by atoms with Gasteiger partial charge < -0.3 is 15.5 Å². The zero-order valence-electron chi connectivity index (χ0n) is 7.64. The van der Waals surface area contributed by atoms with Gasteiger partial charge in [0.15, 0.2) is 0 Å². The van der Waals surface area contributed by atoms with Crippen molar-refractivity contribution in [3.05, 3.63) is 23.4 Å². The quantitative estimate of drug-likeness (QED) is 0.430. The largest absolute Gasteiger partial charge is 0.480 e. The Kier molecular flexibility index (Phi) is 3.22. The number of hydrogen-bond donors (Lipinski definition) is 3. The Bertz CT molecular complexity index is 369. The third-order valence-electron chi connectivity index (χ3n) is 1.91. The van der Waals surface area contributed by atoms with E-state index in [2.05, 4.69) is 5.32 Å². The van der Waals surface area contributed by atoms with Gasteiger partial charge in [0.25, 0.3) is 0 Å². The van der Waals surface area contributed by atoms with Crippen LogP contribution in [0.4, 0.5) is 0 Å². The van der Waals surface area contributed by atoms with E-state index in [-0.39, 0.29) is 12.1 Å². The summed E-state index contributed by atoms with van der Waals surface area (Å²) in [4.78, 5) is 31.5. The minimum absolute atomic E-state index is 0.0881. The van der Waals surface area contributed by atoms with E-state index in [1.807, 2.05) is 0 Å². The van der Waals surface area contributed by atoms with Crippen molar-refractivity contribution in [2.75, 3.05) is 0 Å². The molecule has 0 saturated carbocycles. The number of carboxylic acid groups (broad SMARTS) is 2. The van der Waals surface area contributed by atoms with Crippen molar-refractivity contribution in [1.82, 2.24) is 5.32 Å². The summed E-state index contributed by atoms with van der Waals surface area (Å²) >= 11 is 0. The normalized spacial score (nSPS) is 22.8. The number of carboxylic acids is 2. The minimum Gasteiger partial charge on any atom is -0.480 e. The third-order valence-corrected chi connectivity index (χ3v) is 1.91. The van der Waals surface area contributed by atoms with Crippen molar-refractivity contribution in [2.45, 2.75) is 12.5 Å². The van der Waals surface area contributed by atoms with Gasteiger partial charge in [-0.25, -0.2) is 9.59 Å². The molecular weight excluding hydrogens is 202 g/mol. The Balaban J connectivity index is 2.99. The molecule has 6 heteroatoms. The summed E-state index contributed by atoms with van der Waals surface area (Å²) in [6.45, 7) is 0. The van der Waals surface area contributed by atoms with E-state index < -0.39 is 18.0 Å². The summed E-state index contributed by atoms with van der Waals surface area (Å²) < 4.78 is 0. The molecule has 1 aliphatic rings. The highest BCUT2D eigenvalue weighted by Crippen LogP contribution is 2.16. The van der Waals surface area contributed by atoms with E-state index in [1.54, 1.807) is 0 Å². The van der Waals surface area contributed by atoms with E-state index >= 15 is 0 Å². The molecule has 0 aliphatic carbocycles. The smallest absolute Gasteiger partial charge is 0.351 e. The number of carbonyl (C=O) groups is 3. The molecule has 1 aliphatic heterocycles. The van der Waals surface area contributed by atoms with Crippen molar-refractivity contribution in [1.29, 1.82) is 0 Å². The third kappa shape index (κ3) is 2.67. The molecule has 6 nitrogen and oxygen atoms in total. The van der Waals surface area contributed by atoms with Crippen LogP contribution >= 0.6 is 0 Å². The summed E-state index contributed by atoms with van der Waals surface area (Å²) in [6, 6.07) is -1.01. The molecule has 0 aromatic rings. The zero-order chi connectivity index (χ0) is 11.4. The molecule has 0 saturated heterocycles. The van der Waals surface area contributed by atoms with Crippen molar-refractivity contribution >= 4 is 18.2 Å². The van der Waals surface area contributed by atoms with Crippen molar-refractivity contribution in [3.63, 3.8) is 0 Å². The predicted molar refractivity (Wildman–Crippen MR) is 49.0 cm³/mol. The Labute approximate surface area is 84.9 Å². The van der Waals surface area contributed by atoms with Crippen LogP contribution in [0.5, 0.6) is 0 Å². The standard InChI is InChI=1S/C9H9NO5/c11-2-1-5-3-6(8(12)13)10-7(4-5)9(14)15/h1-3,7,10H,4H2,(H,12,13)(H,14,15)/b5-1+/t7-/m1/s1. The van der Waals surface area contributed by atoms with Crippen LogP contribution in [0.3, 0.4) is 0 Å². The monoisotopic (exact) mass is 211 g/mol. The first-order valence-corrected chi connectivity index (χ1v) is 4.13. The lowest BCUT2D eigenvalue weighted by Crippen LogP contribution is -2.41. The first-order valence-electron chi connectivity index (χ1n) is 4.13. The maximum Gasteiger partial charge on any atom is 0.351 e. The number of nitrogens with one attached hydrogen (secondary N) is 1. The van der Waals surface area contributed by atoms with E-state index in [4.69, 9.17) is 10.2 Å². The maximum absolute atomic E-state index is 10.7. The molecule has 0 bridgehead atoms. The van der Waals surface area contributed by atoms with Gasteiger partial charge in [-0.15, -0.1) is 0 Å². The van der Waals surface area contributed by atoms with Crippen LogP contribution in [0, 0.1) is 0 Å². The van der Waals surface area contributed by atoms with E-state index in [9.17, 15) is 14.4 Å². The number of allylic oxidation sites excluding steroid dienone is 2. The molecule has 0 aromatic carbocycles. The lowest BCUT2D eigenvalue weighted by atomic mass is 10.0. The second kappa shape index (κ2) is 4.41. The van der Waals surface area contributed by atoms with Crippen LogP contribution in [0.25, 0.3) is 0 Å². The van der Waals surface area contributed by atoms with Crippen LogP contribution in [0.2, 0.25) is 0 Å². The number of aliphatic carboxylic acids is 2. The summed E-state index contributed by atoms with van der Waals surface area (Å²) in [5.74, 6) is -2.41. The average Bonchev–Trinajstić information content (AvgIpc) is 2.17. The van der Waals surface area contributed by atoms with Crippen molar-refractivity contribution in [3.8, 4) is 0 Å². The number of carbonyl (C=O) groups excluding carboxylic acids is 1. The summed E-state index contributed by atoms with van der Waals surface area (Å²) in [6.07, 6.45) is 2.98. The predicted octanol–water partition coefficient (Wildman–Crippen LogP) is -0.473. The van der Waals surface area contributed by atoms with Gasteiger partial charge in [0.2, 0.25) is 0 Å². The van der Waals surface area contributed by atoms with E-state index in [1.165, 1.54) is 6.08 Å². The molecule has 1 atom stereocenters. The number of aldehydes is 1. The second-order valence-electron chi connectivity index (χ2n) is 2.98. The molecule has 1 heterocycles. The van der Waals surface area contributed by atoms with Gasteiger partial charge >= 0.3 is 11.9 Å². The Hall–Kier alpha value is -2.11. The molecular formula is C9H9NO5. The van der Waals surface area contributed by atoms with Gasteiger partial charge in [0, 0.05) is 6.42 Å². The van der Waals surface area contributed by atoms with Gasteiger partial charge in [-0.3, -0.25) is 4.79 Å². The fourth-order valence-corrected chi connectivity index (χ4v) is 1.24. The van der Waals surface area contributed by atoms with Crippen LogP contribution in [-0.2, 0) is 14.4 Å². The summed E-state index contributed by atoms with van der Waals surface area (Å²) in [5, 5.41) is 19.8. The fraction of sp³-hybridized carbons (Fsp3) is 0.222. The van der Waals surface area contributed by atoms with Gasteiger partial charge in [-0.05, 0) is 17.7 Å². The second-order valence-corrected chi connectivity index (χ2v) is 2.98. The molecule has 80 valence electrons. The first-order chi connectivity index (χ1) is 7.04. The van der Waals surface area contributed by atoms with Crippen LogP contribution in [0.15, 0.2) is 23.4 Å². The van der Waals surface area contributed by atoms with Crippen molar-refractivity contribution < 1.29 is 24.6 Å². The van der Waals surface area contributed by atoms with E-state index in [0.29, 0.717) is 11.9 Å². The topological polar surface area (TPSA) is 104 Å². The van der Waals surface area contributed by atoms with E-state index in [0.717, 1.165) is 6.08 Å². The molecule has 0 amide bonds. The van der Waals surface area contributed by atoms with Crippen LogP contribution in [-0.4, -0.2) is 34.5 Å². The Morgan fingerprint density at radius 2 is 2.13 bits per heavy atom. The van der Waals surface area contributed by atoms with Gasteiger partial charge in [0.05, 0.1) is 0 Å². The number of rotatable bonds is 3. The molecule has 0 spiro atoms. The molecule has 1 rings (SSSR count). The van der Waals surface area contributed by atoms with Crippen LogP contribution in [0.1, 0.15) is 6.42 Å². The molecule has 0 aromatic heterocycles. The van der Waals surface area contributed by atoms with Gasteiger partial charge in [-0.1, -0.05) is 0 Å². The molecule has 0 unspecified atom stereocenters. The molecule has 3 N–H and O–H groups in total. The highest BCUT2D eigenvalue weighted by molar-refractivity contribution is 5.89. The summed E-state index contributed by atoms with van der Waals surface area (Å²) in [7, 11) is 0. The lowest BCUT2D eigenvalue weighted by molar-refractivity contribution is -0.139. The average molecular weight is 211 g/mol. The zero-order valence-corrected chi connectivity index (χ0v) is 7.64. The van der Waals surface area contributed by atoms with Crippen LogP contribution < -0.4 is 5.32 Å². The first kappa shape index (κ1) is 11.0. The maximum atomic E-state index is 10.7. The Morgan fingerprint density at radius 3 is 2.60 bits per heavy atom. The van der Waals surface area contributed by atoms with Gasteiger partial charge in [0.1, 0.15) is 18.0 Å². The highest BCUT2D eigenvalue weighted by atomic mass is 16.4.